The number of nitrogens with zero attached hydrogens (tertiary/aromatic N) is 3. The molecule has 7 nitrogen and oxygen atoms in total. The zero-order valence-electron chi connectivity index (χ0n) is 17.2. The first kappa shape index (κ1) is 19.9. The average molecular weight is 399 g/mol. The highest BCUT2D eigenvalue weighted by molar-refractivity contribution is 6.07. The van der Waals surface area contributed by atoms with Crippen LogP contribution in [0.1, 0.15) is 74.6 Å². The molecule has 29 heavy (non-hydrogen) atoms. The van der Waals surface area contributed by atoms with Gasteiger partial charge in [0.15, 0.2) is 0 Å². The number of rotatable bonds is 4. The maximum atomic E-state index is 12.9. The van der Waals surface area contributed by atoms with E-state index in [1.54, 1.807) is 10.8 Å². The molecule has 1 aromatic rings. The third-order valence-corrected chi connectivity index (χ3v) is 6.50. The number of nitrogens with one attached hydrogen (secondary N) is 1. The lowest BCUT2D eigenvalue weighted by atomic mass is 9.96. The second kappa shape index (κ2) is 8.13. The Bertz CT molecular complexity index is 876. The summed E-state index contributed by atoms with van der Waals surface area (Å²) in [6, 6.07) is 3.72. The van der Waals surface area contributed by atoms with Crippen LogP contribution in [0.15, 0.2) is 23.3 Å². The summed E-state index contributed by atoms with van der Waals surface area (Å²) < 4.78 is 1.57. The minimum Gasteiger partial charge on any atom is -0.323 e. The number of carbonyl (C=O) groups is 3. The number of carbonyl (C=O) groups excluding carboxylic acids is 3. The van der Waals surface area contributed by atoms with E-state index in [2.05, 4.69) is 5.32 Å². The monoisotopic (exact) mass is 398 g/mol. The fourth-order valence-corrected chi connectivity index (χ4v) is 4.82. The van der Waals surface area contributed by atoms with Gasteiger partial charge in [-0.15, -0.1) is 0 Å². The molecule has 0 radical (unpaired) electrons. The Hall–Kier alpha value is -2.44. The van der Waals surface area contributed by atoms with Gasteiger partial charge in [-0.2, -0.15) is 0 Å². The van der Waals surface area contributed by atoms with Gasteiger partial charge in [0.2, 0.25) is 5.91 Å². The summed E-state index contributed by atoms with van der Waals surface area (Å²) in [4.78, 5) is 44.1. The number of hydrogen-bond donors (Lipinski definition) is 1. The van der Waals surface area contributed by atoms with Crippen LogP contribution in [0.2, 0.25) is 0 Å². The predicted molar refractivity (Wildman–Crippen MR) is 108 cm³/mol. The molecule has 3 fully saturated rings. The molecule has 0 bridgehead atoms. The number of aryl methyl sites for hydroxylation is 1. The summed E-state index contributed by atoms with van der Waals surface area (Å²) in [5.74, 6) is -0.318. The van der Waals surface area contributed by atoms with E-state index in [1.165, 1.54) is 24.2 Å². The Kier molecular flexibility index (Phi) is 5.56. The number of aromatic nitrogens is 1. The van der Waals surface area contributed by atoms with Crippen molar-refractivity contribution >= 4 is 17.8 Å². The van der Waals surface area contributed by atoms with E-state index >= 15 is 0 Å². The number of urea groups is 1. The van der Waals surface area contributed by atoms with E-state index in [1.807, 2.05) is 19.1 Å². The van der Waals surface area contributed by atoms with Crippen LogP contribution in [-0.2, 0) is 4.79 Å². The van der Waals surface area contributed by atoms with Gasteiger partial charge in [-0.1, -0.05) is 32.1 Å². The van der Waals surface area contributed by atoms with Crippen molar-refractivity contribution in [1.29, 1.82) is 0 Å². The largest absolute Gasteiger partial charge is 0.325 e. The highest BCUT2D eigenvalue weighted by Gasteiger charge is 2.52. The predicted octanol–water partition coefficient (Wildman–Crippen LogP) is 2.92. The quantitative estimate of drug-likeness (QED) is 0.792. The Labute approximate surface area is 171 Å². The first-order chi connectivity index (χ1) is 14.0. The van der Waals surface area contributed by atoms with Crippen molar-refractivity contribution in [3.8, 4) is 0 Å². The van der Waals surface area contributed by atoms with Gasteiger partial charge in [0.25, 0.3) is 5.91 Å². The summed E-state index contributed by atoms with van der Waals surface area (Å²) in [5, 5.41) is 2.87. The lowest BCUT2D eigenvalue weighted by molar-refractivity contribution is -0.131. The second-order valence-electron chi connectivity index (χ2n) is 8.67. The van der Waals surface area contributed by atoms with E-state index in [4.69, 9.17) is 4.99 Å². The molecule has 2 aliphatic carbocycles. The Balaban J connectivity index is 1.48. The highest BCUT2D eigenvalue weighted by Crippen LogP contribution is 2.35. The van der Waals surface area contributed by atoms with Gasteiger partial charge in [-0.3, -0.25) is 24.0 Å². The maximum Gasteiger partial charge on any atom is 0.325 e. The molecule has 0 aromatic carbocycles. The molecule has 0 atom stereocenters. The summed E-state index contributed by atoms with van der Waals surface area (Å²) in [7, 11) is 0. The van der Waals surface area contributed by atoms with Crippen LogP contribution in [-0.4, -0.2) is 45.4 Å². The SMILES string of the molecule is Cc1ccn(C(=O)CCN2C(=O)NC3(CCCC3)C2=O)c(=NC2CCCCC2)c1. The molecule has 3 aliphatic rings. The van der Waals surface area contributed by atoms with Gasteiger partial charge in [-0.05, 0) is 50.3 Å². The van der Waals surface area contributed by atoms with Crippen molar-refractivity contribution in [2.45, 2.75) is 82.7 Å². The standard InChI is InChI=1S/C22H30N4O3/c1-16-9-13-25(18(15-16)23-17-7-3-2-4-8-17)19(27)10-14-26-20(28)22(24-21(26)29)11-5-6-12-22/h9,13,15,17H,2-8,10-12,14H2,1H3,(H,24,29). The molecule has 2 saturated carbocycles. The molecule has 1 aliphatic heterocycles. The third-order valence-electron chi connectivity index (χ3n) is 6.50. The highest BCUT2D eigenvalue weighted by atomic mass is 16.2. The normalized spacial score (nSPS) is 22.5. The smallest absolute Gasteiger partial charge is 0.323 e. The van der Waals surface area contributed by atoms with Crippen LogP contribution in [0.25, 0.3) is 0 Å². The number of hydrogen-bond acceptors (Lipinski definition) is 4. The molecule has 2 heterocycles. The van der Waals surface area contributed by atoms with Crippen molar-refractivity contribution in [2.24, 2.45) is 4.99 Å². The molecule has 3 amide bonds. The number of imide groups is 1. The van der Waals surface area contributed by atoms with Crippen molar-refractivity contribution in [1.82, 2.24) is 14.8 Å². The van der Waals surface area contributed by atoms with Crippen molar-refractivity contribution in [3.63, 3.8) is 0 Å². The first-order valence-electron chi connectivity index (χ1n) is 10.9. The molecule has 1 aromatic heterocycles. The van der Waals surface area contributed by atoms with Crippen LogP contribution in [0.4, 0.5) is 4.79 Å². The minimum atomic E-state index is -0.724. The minimum absolute atomic E-state index is 0.0934. The van der Waals surface area contributed by atoms with Gasteiger partial charge >= 0.3 is 6.03 Å². The lowest BCUT2D eigenvalue weighted by Crippen LogP contribution is -2.44. The van der Waals surface area contributed by atoms with E-state index in [0.29, 0.717) is 18.3 Å². The van der Waals surface area contributed by atoms with Crippen LogP contribution in [0.3, 0.4) is 0 Å². The average Bonchev–Trinajstić information content (AvgIpc) is 3.26. The van der Waals surface area contributed by atoms with E-state index in [-0.39, 0.29) is 36.9 Å². The van der Waals surface area contributed by atoms with Gasteiger partial charge in [0.1, 0.15) is 11.0 Å². The first-order valence-corrected chi connectivity index (χ1v) is 10.9. The van der Waals surface area contributed by atoms with E-state index in [9.17, 15) is 14.4 Å². The number of pyridine rings is 1. The second-order valence-corrected chi connectivity index (χ2v) is 8.67. The van der Waals surface area contributed by atoms with E-state index < -0.39 is 5.54 Å². The van der Waals surface area contributed by atoms with E-state index in [0.717, 1.165) is 31.2 Å². The van der Waals surface area contributed by atoms with Crippen molar-refractivity contribution in [3.05, 3.63) is 29.4 Å². The molecule has 156 valence electrons. The molecular formula is C22H30N4O3. The molecule has 4 rings (SSSR count). The molecule has 0 unspecified atom stereocenters. The van der Waals surface area contributed by atoms with Crippen molar-refractivity contribution < 1.29 is 14.4 Å². The fourth-order valence-electron chi connectivity index (χ4n) is 4.82. The van der Waals surface area contributed by atoms with Crippen LogP contribution in [0, 0.1) is 6.92 Å². The van der Waals surface area contributed by atoms with Crippen LogP contribution in [0.5, 0.6) is 0 Å². The van der Waals surface area contributed by atoms with Crippen LogP contribution >= 0.6 is 0 Å². The molecule has 1 spiro atoms. The Morgan fingerprint density at radius 1 is 1.17 bits per heavy atom. The lowest BCUT2D eigenvalue weighted by Gasteiger charge is -2.20. The topological polar surface area (TPSA) is 83.8 Å². The zero-order chi connectivity index (χ0) is 20.4. The van der Waals surface area contributed by atoms with Gasteiger partial charge in [0.05, 0.1) is 6.04 Å². The Morgan fingerprint density at radius 2 is 1.90 bits per heavy atom. The summed E-state index contributed by atoms with van der Waals surface area (Å²) in [6.07, 6.45) is 10.9. The molecule has 7 heteroatoms. The molecule has 1 saturated heterocycles. The summed E-state index contributed by atoms with van der Waals surface area (Å²) in [5.41, 5.74) is 1.01. The summed E-state index contributed by atoms with van der Waals surface area (Å²) in [6.45, 7) is 2.10. The van der Waals surface area contributed by atoms with Gasteiger partial charge in [0, 0.05) is 19.2 Å². The summed E-state index contributed by atoms with van der Waals surface area (Å²) >= 11 is 0. The molecule has 1 N–H and O–H groups in total. The van der Waals surface area contributed by atoms with Crippen molar-refractivity contribution in [2.75, 3.05) is 6.54 Å². The fraction of sp³-hybridized carbons (Fsp3) is 0.636. The van der Waals surface area contributed by atoms with Crippen LogP contribution < -0.4 is 10.8 Å². The van der Waals surface area contributed by atoms with Gasteiger partial charge < -0.3 is 5.32 Å². The number of amides is 3. The third kappa shape index (κ3) is 4.00. The molecular weight excluding hydrogens is 368 g/mol. The zero-order valence-corrected chi connectivity index (χ0v) is 17.2. The van der Waals surface area contributed by atoms with Gasteiger partial charge in [-0.25, -0.2) is 4.79 Å². The maximum absolute atomic E-state index is 12.9. The Morgan fingerprint density at radius 3 is 2.62 bits per heavy atom.